The standard InChI is InChI=1S/C10H13NO3S/c1-15(12)5-8(11)7-2-3-9-10(4-7)14-6-13-9/h2-4,8H,5-6,11H2,1H3. The van der Waals surface area contributed by atoms with Crippen LogP contribution in [0.1, 0.15) is 11.6 Å². The summed E-state index contributed by atoms with van der Waals surface area (Å²) in [5.41, 5.74) is 6.83. The van der Waals surface area contributed by atoms with Crippen LogP contribution in [0.5, 0.6) is 11.5 Å². The van der Waals surface area contributed by atoms with Gasteiger partial charge < -0.3 is 15.2 Å². The lowest BCUT2D eigenvalue weighted by atomic mass is 10.1. The summed E-state index contributed by atoms with van der Waals surface area (Å²) in [5.74, 6) is 1.91. The van der Waals surface area contributed by atoms with Gasteiger partial charge >= 0.3 is 0 Å². The Balaban J connectivity index is 2.19. The highest BCUT2D eigenvalue weighted by atomic mass is 32.2. The van der Waals surface area contributed by atoms with E-state index in [1.807, 2.05) is 18.2 Å². The van der Waals surface area contributed by atoms with Gasteiger partial charge in [-0.3, -0.25) is 4.21 Å². The van der Waals surface area contributed by atoms with Crippen molar-refractivity contribution in [2.75, 3.05) is 18.8 Å². The fraction of sp³-hybridized carbons (Fsp3) is 0.400. The van der Waals surface area contributed by atoms with Gasteiger partial charge in [-0.05, 0) is 17.7 Å². The van der Waals surface area contributed by atoms with Crippen LogP contribution in [0.15, 0.2) is 18.2 Å². The molecule has 2 atom stereocenters. The zero-order valence-corrected chi connectivity index (χ0v) is 9.25. The number of nitrogens with two attached hydrogens (primary N) is 1. The van der Waals surface area contributed by atoms with Crippen LogP contribution in [0.4, 0.5) is 0 Å². The van der Waals surface area contributed by atoms with E-state index >= 15 is 0 Å². The van der Waals surface area contributed by atoms with E-state index in [9.17, 15) is 4.21 Å². The molecule has 1 aromatic carbocycles. The average molecular weight is 227 g/mol. The molecule has 15 heavy (non-hydrogen) atoms. The maximum atomic E-state index is 11.0. The Hall–Kier alpha value is -1.07. The lowest BCUT2D eigenvalue weighted by molar-refractivity contribution is 0.174. The maximum absolute atomic E-state index is 11.0. The van der Waals surface area contributed by atoms with Crippen molar-refractivity contribution in [3.63, 3.8) is 0 Å². The van der Waals surface area contributed by atoms with Gasteiger partial charge in [0.15, 0.2) is 11.5 Å². The van der Waals surface area contributed by atoms with Crippen LogP contribution in [0, 0.1) is 0 Å². The van der Waals surface area contributed by atoms with Crippen molar-refractivity contribution in [1.29, 1.82) is 0 Å². The van der Waals surface area contributed by atoms with E-state index in [2.05, 4.69) is 0 Å². The third-order valence-corrected chi connectivity index (χ3v) is 3.07. The first-order valence-corrected chi connectivity index (χ1v) is 6.34. The minimum Gasteiger partial charge on any atom is -0.454 e. The van der Waals surface area contributed by atoms with Crippen LogP contribution in [0.2, 0.25) is 0 Å². The van der Waals surface area contributed by atoms with Crippen molar-refractivity contribution in [1.82, 2.24) is 0 Å². The highest BCUT2D eigenvalue weighted by molar-refractivity contribution is 7.84. The summed E-state index contributed by atoms with van der Waals surface area (Å²) in [6.45, 7) is 0.258. The van der Waals surface area contributed by atoms with E-state index in [4.69, 9.17) is 15.2 Å². The Morgan fingerprint density at radius 1 is 1.47 bits per heavy atom. The first-order valence-electron chi connectivity index (χ1n) is 4.62. The van der Waals surface area contributed by atoms with Gasteiger partial charge in [-0.1, -0.05) is 6.07 Å². The van der Waals surface area contributed by atoms with Crippen LogP contribution in [-0.2, 0) is 10.8 Å². The third-order valence-electron chi connectivity index (χ3n) is 2.24. The molecule has 2 rings (SSSR count). The number of hydrogen-bond donors (Lipinski definition) is 1. The van der Waals surface area contributed by atoms with Crippen molar-refractivity contribution in [2.24, 2.45) is 5.73 Å². The molecule has 2 N–H and O–H groups in total. The molecule has 1 aliphatic heterocycles. The first kappa shape index (κ1) is 10.4. The number of benzene rings is 1. The number of rotatable bonds is 3. The van der Waals surface area contributed by atoms with Crippen LogP contribution in [-0.4, -0.2) is 23.0 Å². The second kappa shape index (κ2) is 4.20. The van der Waals surface area contributed by atoms with Gasteiger partial charge in [0.25, 0.3) is 0 Å². The van der Waals surface area contributed by atoms with Crippen LogP contribution >= 0.6 is 0 Å². The highest BCUT2D eigenvalue weighted by Crippen LogP contribution is 2.33. The smallest absolute Gasteiger partial charge is 0.231 e. The molecule has 0 saturated heterocycles. The second-order valence-electron chi connectivity index (χ2n) is 3.46. The van der Waals surface area contributed by atoms with E-state index in [1.54, 1.807) is 6.26 Å². The molecule has 0 spiro atoms. The van der Waals surface area contributed by atoms with E-state index in [-0.39, 0.29) is 12.8 Å². The molecule has 5 heteroatoms. The molecular weight excluding hydrogens is 214 g/mol. The minimum atomic E-state index is -0.892. The number of ether oxygens (including phenoxy) is 2. The van der Waals surface area contributed by atoms with Gasteiger partial charge in [0, 0.05) is 28.9 Å². The quantitative estimate of drug-likeness (QED) is 0.829. The fourth-order valence-electron chi connectivity index (χ4n) is 1.49. The SMILES string of the molecule is CS(=O)CC(N)c1ccc2c(c1)OCO2. The van der Waals surface area contributed by atoms with Gasteiger partial charge in [0.05, 0.1) is 0 Å². The molecule has 82 valence electrons. The van der Waals surface area contributed by atoms with Crippen LogP contribution in [0.3, 0.4) is 0 Å². The van der Waals surface area contributed by atoms with E-state index in [0.29, 0.717) is 11.5 Å². The van der Waals surface area contributed by atoms with Crippen molar-refractivity contribution in [2.45, 2.75) is 6.04 Å². The summed E-state index contributed by atoms with van der Waals surface area (Å²) < 4.78 is 21.5. The molecule has 1 aliphatic rings. The van der Waals surface area contributed by atoms with Crippen molar-refractivity contribution in [3.05, 3.63) is 23.8 Å². The summed E-state index contributed by atoms with van der Waals surface area (Å²) in [5, 5.41) is 0. The zero-order valence-electron chi connectivity index (χ0n) is 8.43. The van der Waals surface area contributed by atoms with Crippen molar-refractivity contribution < 1.29 is 13.7 Å². The lowest BCUT2D eigenvalue weighted by Crippen LogP contribution is -2.17. The Morgan fingerprint density at radius 3 is 2.93 bits per heavy atom. The van der Waals surface area contributed by atoms with Crippen LogP contribution < -0.4 is 15.2 Å². The van der Waals surface area contributed by atoms with Crippen molar-refractivity contribution in [3.8, 4) is 11.5 Å². The molecule has 0 amide bonds. The minimum absolute atomic E-state index is 0.217. The number of fused-ring (bicyclic) bond motifs is 1. The molecule has 0 radical (unpaired) electrons. The molecule has 0 fully saturated rings. The van der Waals surface area contributed by atoms with E-state index in [1.165, 1.54) is 0 Å². The average Bonchev–Trinajstić information content (AvgIpc) is 2.62. The molecule has 0 aromatic heterocycles. The summed E-state index contributed by atoms with van der Waals surface area (Å²) in [7, 11) is -0.892. The summed E-state index contributed by atoms with van der Waals surface area (Å²) in [6.07, 6.45) is 1.65. The lowest BCUT2D eigenvalue weighted by Gasteiger charge is -2.10. The van der Waals surface area contributed by atoms with E-state index < -0.39 is 10.8 Å². The Morgan fingerprint density at radius 2 is 2.20 bits per heavy atom. The van der Waals surface area contributed by atoms with Gasteiger partial charge in [-0.25, -0.2) is 0 Å². The molecule has 1 aromatic rings. The monoisotopic (exact) mass is 227 g/mol. The topological polar surface area (TPSA) is 61.6 Å². The van der Waals surface area contributed by atoms with Crippen LogP contribution in [0.25, 0.3) is 0 Å². The molecule has 2 unspecified atom stereocenters. The maximum Gasteiger partial charge on any atom is 0.231 e. The molecule has 4 nitrogen and oxygen atoms in total. The Labute approximate surface area is 90.8 Å². The van der Waals surface area contributed by atoms with E-state index in [0.717, 1.165) is 11.3 Å². The van der Waals surface area contributed by atoms with Gasteiger partial charge in [-0.2, -0.15) is 0 Å². The Bertz CT molecular complexity index is 394. The summed E-state index contributed by atoms with van der Waals surface area (Å²) in [6, 6.07) is 5.34. The first-order chi connectivity index (χ1) is 7.16. The fourth-order valence-corrected chi connectivity index (χ4v) is 2.19. The largest absolute Gasteiger partial charge is 0.454 e. The molecule has 0 bridgehead atoms. The predicted molar refractivity (Wildman–Crippen MR) is 58.4 cm³/mol. The third kappa shape index (κ3) is 2.30. The van der Waals surface area contributed by atoms with Gasteiger partial charge in [0.1, 0.15) is 0 Å². The second-order valence-corrected chi connectivity index (χ2v) is 4.94. The van der Waals surface area contributed by atoms with Crippen molar-refractivity contribution >= 4 is 10.8 Å². The van der Waals surface area contributed by atoms with Gasteiger partial charge in [0.2, 0.25) is 6.79 Å². The highest BCUT2D eigenvalue weighted by Gasteiger charge is 2.16. The zero-order chi connectivity index (χ0) is 10.8. The molecule has 1 heterocycles. The summed E-state index contributed by atoms with van der Waals surface area (Å²) >= 11 is 0. The summed E-state index contributed by atoms with van der Waals surface area (Å²) in [4.78, 5) is 0. The Kier molecular flexibility index (Phi) is 2.93. The normalized spacial score (nSPS) is 17.5. The predicted octanol–water partition coefficient (Wildman–Crippen LogP) is 0.794. The molecule has 0 aliphatic carbocycles. The number of hydrogen-bond acceptors (Lipinski definition) is 4. The van der Waals surface area contributed by atoms with Gasteiger partial charge in [-0.15, -0.1) is 0 Å². The molecule has 0 saturated carbocycles. The molecular formula is C10H13NO3S.